The van der Waals surface area contributed by atoms with Gasteiger partial charge in [-0.25, -0.2) is 4.98 Å². The Labute approximate surface area is 107 Å². The molecule has 1 amide bonds. The molecule has 0 unspecified atom stereocenters. The first kappa shape index (κ1) is 12.8. The van der Waals surface area contributed by atoms with Crippen LogP contribution in [-0.2, 0) is 0 Å². The first-order valence-corrected chi connectivity index (χ1v) is 6.42. The maximum atomic E-state index is 12.2. The number of nitrogens with two attached hydrogens (primary N) is 1. The topological polar surface area (TPSA) is 72.1 Å². The minimum Gasteiger partial charge on any atom is -0.382 e. The molecule has 1 aliphatic carbocycles. The molecule has 2 rings (SSSR count). The molecule has 18 heavy (non-hydrogen) atoms. The summed E-state index contributed by atoms with van der Waals surface area (Å²) in [6.07, 6.45) is 7.42. The van der Waals surface area contributed by atoms with Crippen LogP contribution in [0.25, 0.3) is 0 Å². The number of rotatable bonds is 2. The first-order chi connectivity index (χ1) is 8.58. The molecule has 0 aromatic carbocycles. The number of anilines is 1. The van der Waals surface area contributed by atoms with Crippen LogP contribution in [0.5, 0.6) is 0 Å². The second-order valence-corrected chi connectivity index (χ2v) is 5.16. The molecule has 1 heterocycles. The number of hydrogen-bond donors (Lipinski definition) is 1. The van der Waals surface area contributed by atoms with E-state index in [1.807, 2.05) is 7.05 Å². The summed E-state index contributed by atoms with van der Waals surface area (Å²) in [6.45, 7) is 2.27. The SMILES string of the molecule is CC1CCC(N(C)C(=O)c2cncc(N)n2)CC1. The average molecular weight is 248 g/mol. The van der Waals surface area contributed by atoms with E-state index >= 15 is 0 Å². The van der Waals surface area contributed by atoms with Crippen LogP contribution in [0.1, 0.15) is 43.1 Å². The summed E-state index contributed by atoms with van der Waals surface area (Å²) in [5, 5.41) is 0. The van der Waals surface area contributed by atoms with Crippen LogP contribution in [0.2, 0.25) is 0 Å². The number of aromatic nitrogens is 2. The number of amides is 1. The zero-order chi connectivity index (χ0) is 13.1. The first-order valence-electron chi connectivity index (χ1n) is 6.42. The van der Waals surface area contributed by atoms with Gasteiger partial charge in [0.25, 0.3) is 5.91 Å². The number of nitrogens with zero attached hydrogens (tertiary/aromatic N) is 3. The van der Waals surface area contributed by atoms with Gasteiger partial charge in [-0.1, -0.05) is 6.92 Å². The second-order valence-electron chi connectivity index (χ2n) is 5.16. The Morgan fingerprint density at radius 2 is 2.00 bits per heavy atom. The normalized spacial score (nSPS) is 23.7. The van der Waals surface area contributed by atoms with E-state index in [0.717, 1.165) is 18.8 Å². The van der Waals surface area contributed by atoms with Gasteiger partial charge < -0.3 is 10.6 Å². The standard InChI is InChI=1S/C13H20N4O/c1-9-3-5-10(6-4-9)17(2)13(18)11-7-15-8-12(14)16-11/h7-10H,3-6H2,1-2H3,(H2,14,16). The quantitative estimate of drug-likeness (QED) is 0.864. The third-order valence-corrected chi connectivity index (χ3v) is 3.73. The van der Waals surface area contributed by atoms with Crippen molar-refractivity contribution in [3.05, 3.63) is 18.1 Å². The molecule has 0 saturated heterocycles. The zero-order valence-corrected chi connectivity index (χ0v) is 11.0. The Morgan fingerprint density at radius 3 is 2.61 bits per heavy atom. The van der Waals surface area contributed by atoms with Crippen molar-refractivity contribution in [1.82, 2.24) is 14.9 Å². The Hall–Kier alpha value is -1.65. The molecule has 5 heteroatoms. The Bertz CT molecular complexity index is 427. The summed E-state index contributed by atoms with van der Waals surface area (Å²) >= 11 is 0. The predicted molar refractivity (Wildman–Crippen MR) is 70.0 cm³/mol. The van der Waals surface area contributed by atoms with E-state index in [-0.39, 0.29) is 11.7 Å². The highest BCUT2D eigenvalue weighted by Crippen LogP contribution is 2.27. The van der Waals surface area contributed by atoms with E-state index < -0.39 is 0 Å². The highest BCUT2D eigenvalue weighted by atomic mass is 16.2. The van der Waals surface area contributed by atoms with Crippen molar-refractivity contribution < 1.29 is 4.79 Å². The number of hydrogen-bond acceptors (Lipinski definition) is 4. The van der Waals surface area contributed by atoms with Gasteiger partial charge in [0.05, 0.1) is 12.4 Å². The second kappa shape index (κ2) is 5.33. The summed E-state index contributed by atoms with van der Waals surface area (Å²) in [5.74, 6) is 0.970. The maximum absolute atomic E-state index is 12.2. The van der Waals surface area contributed by atoms with Crippen LogP contribution in [0.4, 0.5) is 5.82 Å². The van der Waals surface area contributed by atoms with Crippen molar-refractivity contribution in [2.45, 2.75) is 38.6 Å². The summed E-state index contributed by atoms with van der Waals surface area (Å²) in [4.78, 5) is 22.0. The number of carbonyl (C=O) groups is 1. The van der Waals surface area contributed by atoms with E-state index in [2.05, 4.69) is 16.9 Å². The predicted octanol–water partition coefficient (Wildman–Crippen LogP) is 1.71. The molecule has 0 bridgehead atoms. The number of nitrogen functional groups attached to an aromatic ring is 1. The summed E-state index contributed by atoms with van der Waals surface area (Å²) in [5.41, 5.74) is 5.88. The van der Waals surface area contributed by atoms with E-state index in [4.69, 9.17) is 5.73 Å². The van der Waals surface area contributed by atoms with Gasteiger partial charge in [-0.05, 0) is 31.6 Å². The van der Waals surface area contributed by atoms with Gasteiger partial charge in [0, 0.05) is 13.1 Å². The summed E-state index contributed by atoms with van der Waals surface area (Å²) < 4.78 is 0. The smallest absolute Gasteiger partial charge is 0.274 e. The lowest BCUT2D eigenvalue weighted by Gasteiger charge is -2.33. The molecule has 0 radical (unpaired) electrons. The van der Waals surface area contributed by atoms with Crippen molar-refractivity contribution in [2.24, 2.45) is 5.92 Å². The molecule has 1 fully saturated rings. The fourth-order valence-electron chi connectivity index (χ4n) is 2.46. The Kier molecular flexibility index (Phi) is 3.79. The molecule has 1 aliphatic rings. The molecule has 1 aromatic heterocycles. The van der Waals surface area contributed by atoms with Crippen molar-refractivity contribution >= 4 is 11.7 Å². The monoisotopic (exact) mass is 248 g/mol. The van der Waals surface area contributed by atoms with Crippen molar-refractivity contribution in [3.8, 4) is 0 Å². The van der Waals surface area contributed by atoms with Crippen LogP contribution >= 0.6 is 0 Å². The lowest BCUT2D eigenvalue weighted by molar-refractivity contribution is 0.0673. The third-order valence-electron chi connectivity index (χ3n) is 3.73. The molecular weight excluding hydrogens is 228 g/mol. The van der Waals surface area contributed by atoms with E-state index in [9.17, 15) is 4.79 Å². The Morgan fingerprint density at radius 1 is 1.33 bits per heavy atom. The minimum absolute atomic E-state index is 0.0886. The molecule has 98 valence electrons. The Balaban J connectivity index is 2.04. The molecule has 5 nitrogen and oxygen atoms in total. The lowest BCUT2D eigenvalue weighted by atomic mass is 9.86. The average Bonchev–Trinajstić information content (AvgIpc) is 2.38. The number of carbonyl (C=O) groups excluding carboxylic acids is 1. The van der Waals surface area contributed by atoms with Gasteiger partial charge in [-0.3, -0.25) is 9.78 Å². The molecule has 0 aliphatic heterocycles. The largest absolute Gasteiger partial charge is 0.382 e. The van der Waals surface area contributed by atoms with Crippen LogP contribution in [-0.4, -0.2) is 33.9 Å². The van der Waals surface area contributed by atoms with Crippen LogP contribution in [0.15, 0.2) is 12.4 Å². The highest BCUT2D eigenvalue weighted by molar-refractivity contribution is 5.92. The van der Waals surface area contributed by atoms with E-state index in [0.29, 0.717) is 11.7 Å². The van der Waals surface area contributed by atoms with Gasteiger partial charge >= 0.3 is 0 Å². The van der Waals surface area contributed by atoms with Crippen molar-refractivity contribution in [1.29, 1.82) is 0 Å². The van der Waals surface area contributed by atoms with Crippen LogP contribution in [0.3, 0.4) is 0 Å². The summed E-state index contributed by atoms with van der Waals surface area (Å²) in [7, 11) is 1.84. The van der Waals surface area contributed by atoms with Crippen LogP contribution in [0, 0.1) is 5.92 Å². The molecule has 0 atom stereocenters. The van der Waals surface area contributed by atoms with Gasteiger partial charge in [0.2, 0.25) is 0 Å². The highest BCUT2D eigenvalue weighted by Gasteiger charge is 2.26. The van der Waals surface area contributed by atoms with E-state index in [1.54, 1.807) is 4.90 Å². The van der Waals surface area contributed by atoms with Crippen molar-refractivity contribution in [2.75, 3.05) is 12.8 Å². The molecule has 0 spiro atoms. The van der Waals surface area contributed by atoms with E-state index in [1.165, 1.54) is 25.2 Å². The third kappa shape index (κ3) is 2.78. The zero-order valence-electron chi connectivity index (χ0n) is 11.0. The molecule has 2 N–H and O–H groups in total. The van der Waals surface area contributed by atoms with Gasteiger partial charge in [-0.2, -0.15) is 0 Å². The molecular formula is C13H20N4O. The van der Waals surface area contributed by atoms with Crippen LogP contribution < -0.4 is 5.73 Å². The van der Waals surface area contributed by atoms with Gasteiger partial charge in [0.15, 0.2) is 0 Å². The lowest BCUT2D eigenvalue weighted by Crippen LogP contribution is -2.39. The van der Waals surface area contributed by atoms with Gasteiger partial charge in [0.1, 0.15) is 11.5 Å². The van der Waals surface area contributed by atoms with Crippen molar-refractivity contribution in [3.63, 3.8) is 0 Å². The molecule has 1 saturated carbocycles. The summed E-state index contributed by atoms with van der Waals surface area (Å²) in [6, 6.07) is 0.317. The minimum atomic E-state index is -0.0886. The maximum Gasteiger partial charge on any atom is 0.274 e. The fraction of sp³-hybridized carbons (Fsp3) is 0.615. The molecule has 1 aromatic rings. The fourth-order valence-corrected chi connectivity index (χ4v) is 2.46. The van der Waals surface area contributed by atoms with Gasteiger partial charge in [-0.15, -0.1) is 0 Å².